The van der Waals surface area contributed by atoms with Gasteiger partial charge in [-0.1, -0.05) is 30.3 Å². The van der Waals surface area contributed by atoms with Gasteiger partial charge in [-0.2, -0.15) is 0 Å². The second-order valence-corrected chi connectivity index (χ2v) is 7.64. The van der Waals surface area contributed by atoms with Crippen LogP contribution in [0.4, 0.5) is 0 Å². The van der Waals surface area contributed by atoms with Crippen molar-refractivity contribution in [2.75, 3.05) is 6.54 Å². The highest BCUT2D eigenvalue weighted by molar-refractivity contribution is 5.18. The van der Waals surface area contributed by atoms with E-state index in [1.165, 1.54) is 12.1 Å². The Balaban J connectivity index is 1.38. The van der Waals surface area contributed by atoms with Gasteiger partial charge in [0.15, 0.2) is 0 Å². The number of nitrogens with one attached hydrogen (secondary N) is 1. The molecule has 4 bridgehead atoms. The van der Waals surface area contributed by atoms with E-state index in [1.807, 2.05) is 0 Å². The van der Waals surface area contributed by atoms with Gasteiger partial charge in [0.2, 0.25) is 0 Å². The van der Waals surface area contributed by atoms with Crippen LogP contribution in [0.2, 0.25) is 0 Å². The van der Waals surface area contributed by atoms with Crippen molar-refractivity contribution in [3.05, 3.63) is 35.9 Å². The summed E-state index contributed by atoms with van der Waals surface area (Å²) in [5.41, 5.74) is 1.43. The van der Waals surface area contributed by atoms with Gasteiger partial charge in [-0.05, 0) is 80.7 Å². The summed E-state index contributed by atoms with van der Waals surface area (Å²) < 4.78 is 0. The van der Waals surface area contributed by atoms with Crippen LogP contribution < -0.4 is 5.32 Å². The van der Waals surface area contributed by atoms with E-state index in [0.29, 0.717) is 6.04 Å². The standard InChI is InChI=1S/C19H27N/c1-13(16-5-3-2-4-6-16)20-12-19-17-8-14-7-15(10-17)11-18(19)9-14/h2-6,13-15,17-20H,7-12H2,1H3/t13-,14?,15?,17?,18?,19?/m1/s1. The SMILES string of the molecule is C[C@@H](NCC1C2CC3CC(C2)CC1C3)c1ccccc1. The third-order valence-electron chi connectivity index (χ3n) is 6.38. The van der Waals surface area contributed by atoms with Crippen molar-refractivity contribution in [3.63, 3.8) is 0 Å². The highest BCUT2D eigenvalue weighted by atomic mass is 14.9. The van der Waals surface area contributed by atoms with Crippen molar-refractivity contribution in [1.82, 2.24) is 5.32 Å². The fraction of sp³-hybridized carbons (Fsp3) is 0.684. The molecule has 108 valence electrons. The van der Waals surface area contributed by atoms with Crippen LogP contribution in [0.3, 0.4) is 0 Å². The smallest absolute Gasteiger partial charge is 0.0291 e. The van der Waals surface area contributed by atoms with Gasteiger partial charge in [-0.3, -0.25) is 0 Å². The van der Waals surface area contributed by atoms with E-state index in [-0.39, 0.29) is 0 Å². The van der Waals surface area contributed by atoms with E-state index in [4.69, 9.17) is 0 Å². The van der Waals surface area contributed by atoms with E-state index in [9.17, 15) is 0 Å². The van der Waals surface area contributed by atoms with Crippen LogP contribution in [-0.2, 0) is 0 Å². The molecule has 1 aromatic rings. The van der Waals surface area contributed by atoms with Crippen LogP contribution in [0.15, 0.2) is 30.3 Å². The van der Waals surface area contributed by atoms with Crippen molar-refractivity contribution < 1.29 is 0 Å². The molecule has 0 aromatic heterocycles. The molecule has 0 amide bonds. The monoisotopic (exact) mass is 269 g/mol. The molecule has 1 nitrogen and oxygen atoms in total. The molecule has 0 spiro atoms. The predicted octanol–water partition coefficient (Wildman–Crippen LogP) is 4.41. The Morgan fingerprint density at radius 1 is 0.950 bits per heavy atom. The van der Waals surface area contributed by atoms with Crippen LogP contribution in [0, 0.1) is 29.6 Å². The lowest BCUT2D eigenvalue weighted by molar-refractivity contribution is -0.0362. The Bertz CT molecular complexity index is 424. The first-order valence-corrected chi connectivity index (χ1v) is 8.58. The van der Waals surface area contributed by atoms with E-state index < -0.39 is 0 Å². The Morgan fingerprint density at radius 3 is 2.15 bits per heavy atom. The minimum absolute atomic E-state index is 0.494. The third kappa shape index (κ3) is 2.30. The average molecular weight is 269 g/mol. The summed E-state index contributed by atoms with van der Waals surface area (Å²) >= 11 is 0. The molecule has 0 radical (unpaired) electrons. The van der Waals surface area contributed by atoms with Crippen molar-refractivity contribution in [3.8, 4) is 0 Å². The molecule has 4 fully saturated rings. The van der Waals surface area contributed by atoms with Crippen molar-refractivity contribution in [2.24, 2.45) is 29.6 Å². The lowest BCUT2D eigenvalue weighted by Crippen LogP contribution is -2.48. The Morgan fingerprint density at radius 2 is 1.55 bits per heavy atom. The number of rotatable bonds is 4. The molecule has 4 aliphatic rings. The molecule has 4 aliphatic carbocycles. The lowest BCUT2D eigenvalue weighted by Gasteiger charge is -2.54. The maximum atomic E-state index is 3.83. The topological polar surface area (TPSA) is 12.0 Å². The van der Waals surface area contributed by atoms with E-state index in [2.05, 4.69) is 42.6 Å². The lowest BCUT2D eigenvalue weighted by atomic mass is 9.52. The number of hydrogen-bond donors (Lipinski definition) is 1. The van der Waals surface area contributed by atoms with Crippen molar-refractivity contribution >= 4 is 0 Å². The summed E-state index contributed by atoms with van der Waals surface area (Å²) in [6.07, 6.45) is 7.73. The second-order valence-electron chi connectivity index (χ2n) is 7.64. The molecule has 0 aliphatic heterocycles. The molecule has 0 saturated heterocycles. The number of benzene rings is 1. The fourth-order valence-corrected chi connectivity index (χ4v) is 5.54. The van der Waals surface area contributed by atoms with Crippen LogP contribution >= 0.6 is 0 Å². The van der Waals surface area contributed by atoms with Gasteiger partial charge < -0.3 is 5.32 Å². The molecule has 1 N–H and O–H groups in total. The molecular formula is C19H27N. The van der Waals surface area contributed by atoms with Crippen LogP contribution in [0.1, 0.15) is 50.6 Å². The normalized spacial score (nSPS) is 40.0. The molecular weight excluding hydrogens is 242 g/mol. The van der Waals surface area contributed by atoms with E-state index in [1.54, 1.807) is 32.1 Å². The van der Waals surface area contributed by atoms with Gasteiger partial charge in [0.05, 0.1) is 0 Å². The van der Waals surface area contributed by atoms with E-state index in [0.717, 1.165) is 29.6 Å². The largest absolute Gasteiger partial charge is 0.310 e. The average Bonchev–Trinajstić information content (AvgIpc) is 2.46. The zero-order valence-electron chi connectivity index (χ0n) is 12.6. The predicted molar refractivity (Wildman–Crippen MR) is 83.4 cm³/mol. The maximum Gasteiger partial charge on any atom is 0.0291 e. The van der Waals surface area contributed by atoms with Gasteiger partial charge in [-0.15, -0.1) is 0 Å². The molecule has 1 aromatic carbocycles. The highest BCUT2D eigenvalue weighted by Crippen LogP contribution is 2.56. The van der Waals surface area contributed by atoms with Gasteiger partial charge in [0.1, 0.15) is 0 Å². The van der Waals surface area contributed by atoms with E-state index >= 15 is 0 Å². The van der Waals surface area contributed by atoms with Crippen LogP contribution in [0.25, 0.3) is 0 Å². The minimum atomic E-state index is 0.494. The Labute approximate surface area is 123 Å². The first-order valence-electron chi connectivity index (χ1n) is 8.58. The molecule has 4 saturated carbocycles. The summed E-state index contributed by atoms with van der Waals surface area (Å²) in [6.45, 7) is 3.55. The highest BCUT2D eigenvalue weighted by Gasteiger charge is 2.47. The summed E-state index contributed by atoms with van der Waals surface area (Å²) in [5.74, 6) is 5.25. The second kappa shape index (κ2) is 5.18. The molecule has 1 atom stereocenters. The Kier molecular flexibility index (Phi) is 3.34. The molecule has 20 heavy (non-hydrogen) atoms. The van der Waals surface area contributed by atoms with Crippen LogP contribution in [-0.4, -0.2) is 6.54 Å². The van der Waals surface area contributed by atoms with Crippen molar-refractivity contribution in [2.45, 2.75) is 45.1 Å². The zero-order chi connectivity index (χ0) is 13.5. The molecule has 0 heterocycles. The fourth-order valence-electron chi connectivity index (χ4n) is 5.54. The Hall–Kier alpha value is -0.820. The van der Waals surface area contributed by atoms with Crippen LogP contribution in [0.5, 0.6) is 0 Å². The minimum Gasteiger partial charge on any atom is -0.310 e. The maximum absolute atomic E-state index is 3.83. The van der Waals surface area contributed by atoms with Gasteiger partial charge in [0.25, 0.3) is 0 Å². The third-order valence-corrected chi connectivity index (χ3v) is 6.38. The van der Waals surface area contributed by atoms with Gasteiger partial charge in [0, 0.05) is 6.04 Å². The zero-order valence-corrected chi connectivity index (χ0v) is 12.6. The number of hydrogen-bond acceptors (Lipinski definition) is 1. The first-order chi connectivity index (χ1) is 9.79. The quantitative estimate of drug-likeness (QED) is 0.853. The summed E-state index contributed by atoms with van der Waals surface area (Å²) in [4.78, 5) is 0. The van der Waals surface area contributed by atoms with Crippen molar-refractivity contribution in [1.29, 1.82) is 0 Å². The van der Waals surface area contributed by atoms with Gasteiger partial charge >= 0.3 is 0 Å². The molecule has 5 rings (SSSR count). The molecule has 1 heteroatoms. The summed E-state index contributed by atoms with van der Waals surface area (Å²) in [7, 11) is 0. The summed E-state index contributed by atoms with van der Waals surface area (Å²) in [6, 6.07) is 11.4. The molecule has 0 unspecified atom stereocenters. The first kappa shape index (κ1) is 12.9. The van der Waals surface area contributed by atoms with Gasteiger partial charge in [-0.25, -0.2) is 0 Å². The summed E-state index contributed by atoms with van der Waals surface area (Å²) in [5, 5.41) is 3.83.